The molecule has 0 unspecified atom stereocenters. The second-order valence-electron chi connectivity index (χ2n) is 8.99. The third kappa shape index (κ3) is 4.36. The van der Waals surface area contributed by atoms with Crippen LogP contribution in [0, 0.1) is 0 Å². The molecule has 6 rings (SSSR count). The van der Waals surface area contributed by atoms with E-state index in [4.69, 9.17) is 10.7 Å². The molecular formula is C29H28N6. The monoisotopic (exact) mass is 460 g/mol. The van der Waals surface area contributed by atoms with E-state index in [0.29, 0.717) is 0 Å². The van der Waals surface area contributed by atoms with Crippen LogP contribution in [0.4, 0.5) is 11.5 Å². The van der Waals surface area contributed by atoms with Crippen LogP contribution in [0.15, 0.2) is 97.3 Å². The summed E-state index contributed by atoms with van der Waals surface area (Å²) >= 11 is 0. The Morgan fingerprint density at radius 3 is 2.17 bits per heavy atom. The van der Waals surface area contributed by atoms with E-state index < -0.39 is 0 Å². The van der Waals surface area contributed by atoms with Gasteiger partial charge in [0.15, 0.2) is 0 Å². The van der Waals surface area contributed by atoms with Gasteiger partial charge in [-0.15, -0.1) is 0 Å². The summed E-state index contributed by atoms with van der Waals surface area (Å²) in [4.78, 5) is 14.4. The zero-order valence-electron chi connectivity index (χ0n) is 19.6. The molecule has 0 spiro atoms. The highest BCUT2D eigenvalue weighted by Gasteiger charge is 2.22. The van der Waals surface area contributed by atoms with Gasteiger partial charge in [-0.3, -0.25) is 4.90 Å². The fourth-order valence-corrected chi connectivity index (χ4v) is 4.83. The van der Waals surface area contributed by atoms with Crippen LogP contribution in [0.2, 0.25) is 0 Å². The minimum absolute atomic E-state index is 0.738. The normalized spacial score (nSPS) is 14.5. The van der Waals surface area contributed by atoms with Gasteiger partial charge in [0.1, 0.15) is 11.5 Å². The Kier molecular flexibility index (Phi) is 5.64. The van der Waals surface area contributed by atoms with Crippen molar-refractivity contribution < 1.29 is 0 Å². The Morgan fingerprint density at radius 1 is 0.714 bits per heavy atom. The number of anilines is 2. The molecule has 1 aliphatic heterocycles. The van der Waals surface area contributed by atoms with Crippen LogP contribution in [-0.4, -0.2) is 45.4 Å². The van der Waals surface area contributed by atoms with Gasteiger partial charge in [-0.05, 0) is 35.4 Å². The van der Waals surface area contributed by atoms with Crippen LogP contribution in [0.3, 0.4) is 0 Å². The van der Waals surface area contributed by atoms with Crippen molar-refractivity contribution in [1.82, 2.24) is 19.3 Å². The number of nitrogen functional groups attached to an aromatic ring is 1. The van der Waals surface area contributed by atoms with Gasteiger partial charge in [-0.2, -0.15) is 0 Å². The number of pyridine rings is 2. The quantitative estimate of drug-likeness (QED) is 0.401. The zero-order valence-corrected chi connectivity index (χ0v) is 19.6. The number of imidazole rings is 1. The summed E-state index contributed by atoms with van der Waals surface area (Å²) in [5.41, 5.74) is 13.5. The Hall–Kier alpha value is -4.16. The lowest BCUT2D eigenvalue weighted by Crippen LogP contribution is -2.46. The molecule has 6 heteroatoms. The van der Waals surface area contributed by atoms with Gasteiger partial charge in [0.2, 0.25) is 0 Å². The lowest BCUT2D eigenvalue weighted by molar-refractivity contribution is 0.246. The molecule has 35 heavy (non-hydrogen) atoms. The minimum Gasteiger partial charge on any atom is -0.398 e. The van der Waals surface area contributed by atoms with E-state index in [1.54, 1.807) is 0 Å². The van der Waals surface area contributed by atoms with Crippen molar-refractivity contribution in [2.45, 2.75) is 6.54 Å². The van der Waals surface area contributed by atoms with E-state index in [0.717, 1.165) is 61.1 Å². The first-order valence-corrected chi connectivity index (χ1v) is 12.1. The highest BCUT2D eigenvalue weighted by molar-refractivity contribution is 5.72. The van der Waals surface area contributed by atoms with E-state index in [2.05, 4.69) is 73.8 Å². The number of nitrogens with two attached hydrogens (primary N) is 1. The van der Waals surface area contributed by atoms with Gasteiger partial charge >= 0.3 is 0 Å². The fraction of sp³-hybridized carbons (Fsp3) is 0.172. The largest absolute Gasteiger partial charge is 0.398 e. The molecule has 1 fully saturated rings. The van der Waals surface area contributed by atoms with E-state index in [-0.39, 0.29) is 0 Å². The van der Waals surface area contributed by atoms with E-state index >= 15 is 0 Å². The Balaban J connectivity index is 1.29. The van der Waals surface area contributed by atoms with Crippen molar-refractivity contribution in [3.63, 3.8) is 0 Å². The third-order valence-electron chi connectivity index (χ3n) is 6.72. The van der Waals surface area contributed by atoms with Gasteiger partial charge in [-0.25, -0.2) is 9.97 Å². The topological polar surface area (TPSA) is 62.7 Å². The fourth-order valence-electron chi connectivity index (χ4n) is 4.83. The van der Waals surface area contributed by atoms with Crippen molar-refractivity contribution in [3.8, 4) is 22.4 Å². The molecule has 0 saturated carbocycles. The predicted molar refractivity (Wildman–Crippen MR) is 142 cm³/mol. The Morgan fingerprint density at radius 2 is 1.43 bits per heavy atom. The van der Waals surface area contributed by atoms with Crippen LogP contribution < -0.4 is 10.6 Å². The maximum atomic E-state index is 6.16. The number of benzene rings is 2. The number of piperazine rings is 1. The highest BCUT2D eigenvalue weighted by Crippen LogP contribution is 2.29. The summed E-state index contributed by atoms with van der Waals surface area (Å²) in [6.45, 7) is 4.67. The van der Waals surface area contributed by atoms with Crippen LogP contribution >= 0.6 is 0 Å². The summed E-state index contributed by atoms with van der Waals surface area (Å²) in [6.07, 6.45) is 3.85. The zero-order chi connectivity index (χ0) is 23.6. The lowest BCUT2D eigenvalue weighted by Gasteiger charge is -2.35. The number of aromatic nitrogens is 3. The van der Waals surface area contributed by atoms with Crippen LogP contribution in [0.5, 0.6) is 0 Å². The van der Waals surface area contributed by atoms with E-state index in [1.165, 1.54) is 16.8 Å². The number of rotatable bonds is 5. The van der Waals surface area contributed by atoms with Crippen molar-refractivity contribution in [2.75, 3.05) is 36.8 Å². The molecule has 4 heterocycles. The summed E-state index contributed by atoms with van der Waals surface area (Å²) in [5, 5.41) is 0. The smallest absolute Gasteiger partial charge is 0.137 e. The third-order valence-corrected chi connectivity index (χ3v) is 6.72. The first kappa shape index (κ1) is 21.4. The molecule has 174 valence electrons. The molecule has 0 aliphatic carbocycles. The molecular weight excluding hydrogens is 432 g/mol. The average molecular weight is 461 g/mol. The Bertz CT molecular complexity index is 1420. The molecule has 0 bridgehead atoms. The van der Waals surface area contributed by atoms with Crippen molar-refractivity contribution in [3.05, 3.63) is 103 Å². The summed E-state index contributed by atoms with van der Waals surface area (Å²) < 4.78 is 2.15. The van der Waals surface area contributed by atoms with Crippen LogP contribution in [0.1, 0.15) is 5.69 Å². The van der Waals surface area contributed by atoms with Gasteiger partial charge in [-0.1, -0.05) is 60.7 Å². The van der Waals surface area contributed by atoms with Crippen molar-refractivity contribution >= 4 is 17.2 Å². The summed E-state index contributed by atoms with van der Waals surface area (Å²) in [5.74, 6) is 1.05. The molecule has 1 aliphatic rings. The first-order chi connectivity index (χ1) is 17.2. The second-order valence-corrected chi connectivity index (χ2v) is 8.99. The summed E-state index contributed by atoms with van der Waals surface area (Å²) in [6, 6.07) is 29.2. The summed E-state index contributed by atoms with van der Waals surface area (Å²) in [7, 11) is 0. The molecule has 3 aromatic heterocycles. The SMILES string of the molecule is Nc1ccc2nc(-c3ccc(-c4ccccc4)cc3)c(CN3CCN(c4ccccn4)CC3)n2c1. The standard InChI is InChI=1S/C29H28N6/c30-25-13-14-28-32-29(24-11-9-23(10-12-24)22-6-2-1-3-7-22)26(35(28)20-25)21-33-16-18-34(19-17-33)27-8-4-5-15-31-27/h1-15,20H,16-19,21,30H2. The molecule has 5 aromatic rings. The van der Waals surface area contributed by atoms with Gasteiger partial charge < -0.3 is 15.0 Å². The Labute approximate surface area is 205 Å². The number of fused-ring (bicyclic) bond motifs is 1. The van der Waals surface area contributed by atoms with Crippen LogP contribution in [-0.2, 0) is 6.54 Å². The maximum Gasteiger partial charge on any atom is 0.137 e. The second kappa shape index (κ2) is 9.24. The van der Waals surface area contributed by atoms with Gasteiger partial charge in [0.05, 0.1) is 11.4 Å². The molecule has 1 saturated heterocycles. The molecule has 0 atom stereocenters. The predicted octanol–water partition coefficient (Wildman–Crippen LogP) is 4.97. The molecule has 0 amide bonds. The van der Waals surface area contributed by atoms with Gasteiger partial charge in [0, 0.05) is 56.4 Å². The maximum absolute atomic E-state index is 6.16. The molecule has 2 aromatic carbocycles. The van der Waals surface area contributed by atoms with Crippen molar-refractivity contribution in [1.29, 1.82) is 0 Å². The number of hydrogen-bond donors (Lipinski definition) is 1. The lowest BCUT2D eigenvalue weighted by atomic mass is 10.0. The number of nitrogens with zero attached hydrogens (tertiary/aromatic N) is 5. The highest BCUT2D eigenvalue weighted by atomic mass is 15.3. The molecule has 6 nitrogen and oxygen atoms in total. The van der Waals surface area contributed by atoms with Gasteiger partial charge in [0.25, 0.3) is 0 Å². The van der Waals surface area contributed by atoms with E-state index in [9.17, 15) is 0 Å². The molecule has 2 N–H and O–H groups in total. The molecule has 0 radical (unpaired) electrons. The van der Waals surface area contributed by atoms with E-state index in [1.807, 2.05) is 42.7 Å². The van der Waals surface area contributed by atoms with Crippen molar-refractivity contribution in [2.24, 2.45) is 0 Å². The number of hydrogen-bond acceptors (Lipinski definition) is 5. The minimum atomic E-state index is 0.738. The first-order valence-electron chi connectivity index (χ1n) is 12.1. The van der Waals surface area contributed by atoms with Crippen LogP contribution in [0.25, 0.3) is 28.0 Å². The average Bonchev–Trinajstić information content (AvgIpc) is 3.27.